The molecular formula is C16H25N3O2. The predicted molar refractivity (Wildman–Crippen MR) is 79.8 cm³/mol. The molecule has 3 rings (SSSR count). The molecule has 21 heavy (non-hydrogen) atoms. The van der Waals surface area contributed by atoms with E-state index < -0.39 is 5.97 Å². The fourth-order valence-corrected chi connectivity index (χ4v) is 4.07. The highest BCUT2D eigenvalue weighted by Gasteiger charge is 2.39. The Morgan fingerprint density at radius 2 is 2.29 bits per heavy atom. The van der Waals surface area contributed by atoms with E-state index in [1.165, 1.54) is 12.8 Å². The first-order valence-electron chi connectivity index (χ1n) is 8.16. The van der Waals surface area contributed by atoms with E-state index in [1.807, 2.05) is 12.4 Å². The molecular weight excluding hydrogens is 266 g/mol. The number of aliphatic carboxylic acids is 1. The number of rotatable bonds is 4. The maximum Gasteiger partial charge on any atom is 0.308 e. The van der Waals surface area contributed by atoms with E-state index in [2.05, 4.69) is 21.4 Å². The number of fused-ring (bicyclic) bond motifs is 1. The zero-order chi connectivity index (χ0) is 14.8. The lowest BCUT2D eigenvalue weighted by Gasteiger charge is -2.42. The van der Waals surface area contributed by atoms with Gasteiger partial charge >= 0.3 is 5.97 Å². The van der Waals surface area contributed by atoms with E-state index in [0.717, 1.165) is 44.7 Å². The van der Waals surface area contributed by atoms with Gasteiger partial charge in [0.2, 0.25) is 0 Å². The van der Waals surface area contributed by atoms with Crippen LogP contribution in [0.1, 0.15) is 44.9 Å². The van der Waals surface area contributed by atoms with Crippen LogP contribution in [0, 0.1) is 11.8 Å². The zero-order valence-electron chi connectivity index (χ0n) is 12.7. The largest absolute Gasteiger partial charge is 0.481 e. The number of hydrogen-bond donors (Lipinski definition) is 1. The average molecular weight is 291 g/mol. The van der Waals surface area contributed by atoms with Crippen molar-refractivity contribution in [3.63, 3.8) is 0 Å². The Kier molecular flexibility index (Phi) is 4.29. The van der Waals surface area contributed by atoms with Gasteiger partial charge in [0.1, 0.15) is 5.82 Å². The summed E-state index contributed by atoms with van der Waals surface area (Å²) >= 11 is 0. The van der Waals surface area contributed by atoms with E-state index in [4.69, 9.17) is 0 Å². The molecule has 0 amide bonds. The molecule has 1 aliphatic heterocycles. The van der Waals surface area contributed by atoms with E-state index in [1.54, 1.807) is 0 Å². The van der Waals surface area contributed by atoms with Crippen LogP contribution >= 0.6 is 0 Å². The van der Waals surface area contributed by atoms with Crippen molar-refractivity contribution < 1.29 is 9.90 Å². The number of carboxylic acids is 1. The second kappa shape index (κ2) is 6.18. The third-order valence-corrected chi connectivity index (χ3v) is 5.18. The number of carboxylic acid groups (broad SMARTS) is 1. The van der Waals surface area contributed by atoms with Gasteiger partial charge in [0.05, 0.1) is 12.5 Å². The maximum atomic E-state index is 11.6. The minimum Gasteiger partial charge on any atom is -0.481 e. The third-order valence-electron chi connectivity index (χ3n) is 5.18. The summed E-state index contributed by atoms with van der Waals surface area (Å²) < 4.78 is 2.18. The Labute approximate surface area is 126 Å². The molecule has 1 aromatic rings. The lowest BCUT2D eigenvalue weighted by atomic mass is 9.76. The summed E-state index contributed by atoms with van der Waals surface area (Å²) in [6.45, 7) is 4.88. The first kappa shape index (κ1) is 14.6. The molecule has 2 heterocycles. The Balaban J connectivity index is 1.74. The zero-order valence-corrected chi connectivity index (χ0v) is 12.7. The molecule has 0 saturated heterocycles. The van der Waals surface area contributed by atoms with Crippen LogP contribution in [0.3, 0.4) is 0 Å². The fourth-order valence-electron chi connectivity index (χ4n) is 4.07. The molecule has 3 unspecified atom stereocenters. The molecule has 0 spiro atoms. The van der Waals surface area contributed by atoms with Crippen molar-refractivity contribution in [2.24, 2.45) is 11.8 Å². The van der Waals surface area contributed by atoms with Gasteiger partial charge in [-0.1, -0.05) is 19.8 Å². The Hall–Kier alpha value is -1.36. The quantitative estimate of drug-likeness (QED) is 0.925. The van der Waals surface area contributed by atoms with Crippen LogP contribution in [0.25, 0.3) is 0 Å². The molecule has 1 saturated carbocycles. The normalized spacial score (nSPS) is 30.0. The van der Waals surface area contributed by atoms with Crippen LogP contribution in [0.5, 0.6) is 0 Å². The summed E-state index contributed by atoms with van der Waals surface area (Å²) in [4.78, 5) is 18.4. The van der Waals surface area contributed by atoms with E-state index >= 15 is 0 Å². The molecule has 1 fully saturated rings. The van der Waals surface area contributed by atoms with Crippen molar-refractivity contribution in [2.45, 2.75) is 58.2 Å². The van der Waals surface area contributed by atoms with E-state index in [-0.39, 0.29) is 12.0 Å². The fraction of sp³-hybridized carbons (Fsp3) is 0.750. The Morgan fingerprint density at radius 3 is 3.05 bits per heavy atom. The van der Waals surface area contributed by atoms with Gasteiger partial charge < -0.3 is 9.67 Å². The van der Waals surface area contributed by atoms with Crippen molar-refractivity contribution in [3.05, 3.63) is 18.2 Å². The average Bonchev–Trinajstić information content (AvgIpc) is 2.94. The van der Waals surface area contributed by atoms with Gasteiger partial charge in [-0.25, -0.2) is 4.98 Å². The SMILES string of the molecule is CCCC1CCC(C(=O)O)C(N2CCn3ccnc3C2)C1. The highest BCUT2D eigenvalue weighted by Crippen LogP contribution is 2.36. The summed E-state index contributed by atoms with van der Waals surface area (Å²) in [5, 5.41) is 9.56. The summed E-state index contributed by atoms with van der Waals surface area (Å²) in [7, 11) is 0. The van der Waals surface area contributed by atoms with Gasteiger partial charge in [-0.2, -0.15) is 0 Å². The van der Waals surface area contributed by atoms with E-state index in [9.17, 15) is 9.90 Å². The number of carbonyl (C=O) groups is 1. The van der Waals surface area contributed by atoms with Crippen LogP contribution in [0.4, 0.5) is 0 Å². The van der Waals surface area contributed by atoms with Crippen molar-refractivity contribution in [1.82, 2.24) is 14.5 Å². The number of nitrogens with zero attached hydrogens (tertiary/aromatic N) is 3. The topological polar surface area (TPSA) is 58.4 Å². The van der Waals surface area contributed by atoms with Crippen molar-refractivity contribution in [1.29, 1.82) is 0 Å². The first-order valence-corrected chi connectivity index (χ1v) is 8.16. The van der Waals surface area contributed by atoms with Gasteiger partial charge in [-0.05, 0) is 25.2 Å². The van der Waals surface area contributed by atoms with Crippen molar-refractivity contribution >= 4 is 5.97 Å². The Bertz CT molecular complexity index is 499. The van der Waals surface area contributed by atoms with Gasteiger partial charge in [-0.15, -0.1) is 0 Å². The molecule has 0 radical (unpaired) electrons. The summed E-state index contributed by atoms with van der Waals surface area (Å²) in [6, 6.07) is 0.179. The summed E-state index contributed by atoms with van der Waals surface area (Å²) in [5.41, 5.74) is 0. The van der Waals surface area contributed by atoms with Gasteiger partial charge in [0, 0.05) is 31.5 Å². The van der Waals surface area contributed by atoms with Crippen LogP contribution in [0.2, 0.25) is 0 Å². The first-order chi connectivity index (χ1) is 10.2. The van der Waals surface area contributed by atoms with Gasteiger partial charge in [-0.3, -0.25) is 9.69 Å². The molecule has 5 heteroatoms. The number of aromatic nitrogens is 2. The molecule has 5 nitrogen and oxygen atoms in total. The standard InChI is InChI=1S/C16H25N3O2/c1-2-3-12-4-5-13(16(20)21)14(10-12)19-9-8-18-7-6-17-15(18)11-19/h6-7,12-14H,2-5,8-11H2,1H3,(H,20,21). The monoisotopic (exact) mass is 291 g/mol. The molecule has 1 aromatic heterocycles. The lowest BCUT2D eigenvalue weighted by Crippen LogP contribution is -2.49. The van der Waals surface area contributed by atoms with Crippen molar-refractivity contribution in [2.75, 3.05) is 6.54 Å². The van der Waals surface area contributed by atoms with E-state index in [0.29, 0.717) is 5.92 Å². The molecule has 1 N–H and O–H groups in total. The third kappa shape index (κ3) is 2.98. The lowest BCUT2D eigenvalue weighted by molar-refractivity contribution is -0.146. The van der Waals surface area contributed by atoms with Gasteiger partial charge in [0.15, 0.2) is 0 Å². The molecule has 1 aliphatic carbocycles. The molecule has 3 atom stereocenters. The maximum absolute atomic E-state index is 11.6. The van der Waals surface area contributed by atoms with Crippen LogP contribution in [0.15, 0.2) is 12.4 Å². The van der Waals surface area contributed by atoms with Crippen LogP contribution < -0.4 is 0 Å². The highest BCUT2D eigenvalue weighted by atomic mass is 16.4. The number of imidazole rings is 1. The smallest absolute Gasteiger partial charge is 0.308 e. The summed E-state index contributed by atoms with van der Waals surface area (Å²) in [6.07, 6.45) is 9.21. The van der Waals surface area contributed by atoms with Gasteiger partial charge in [0.25, 0.3) is 0 Å². The van der Waals surface area contributed by atoms with Crippen LogP contribution in [-0.4, -0.2) is 38.1 Å². The molecule has 0 bridgehead atoms. The minimum absolute atomic E-state index is 0.179. The van der Waals surface area contributed by atoms with Crippen LogP contribution in [-0.2, 0) is 17.9 Å². The molecule has 116 valence electrons. The van der Waals surface area contributed by atoms with Crippen molar-refractivity contribution in [3.8, 4) is 0 Å². The summed E-state index contributed by atoms with van der Waals surface area (Å²) in [5.74, 6) is 0.934. The molecule has 2 aliphatic rings. The minimum atomic E-state index is -0.621. The second-order valence-corrected chi connectivity index (χ2v) is 6.49. The molecule has 0 aromatic carbocycles. The number of hydrogen-bond acceptors (Lipinski definition) is 3. The Morgan fingerprint density at radius 1 is 1.43 bits per heavy atom. The highest BCUT2D eigenvalue weighted by molar-refractivity contribution is 5.71. The second-order valence-electron chi connectivity index (χ2n) is 6.49. The predicted octanol–water partition coefficient (Wildman–Crippen LogP) is 2.37.